The summed E-state index contributed by atoms with van der Waals surface area (Å²) in [5.74, 6) is 0.440. The number of halogens is 1. The van der Waals surface area contributed by atoms with Crippen molar-refractivity contribution in [2.75, 3.05) is 19.3 Å². The number of Topliss-reactive ketones (excluding diaryl/α,β-unsaturated/α-hetero) is 1. The van der Waals surface area contributed by atoms with Crippen LogP contribution in [0.15, 0.2) is 9.64 Å². The molecular formula is C16H29ClN4O3S. The van der Waals surface area contributed by atoms with E-state index in [-0.39, 0.29) is 35.9 Å². The van der Waals surface area contributed by atoms with Gasteiger partial charge in [0.15, 0.2) is 0 Å². The van der Waals surface area contributed by atoms with E-state index < -0.39 is 11.5 Å². The molecule has 1 rings (SSSR count). The van der Waals surface area contributed by atoms with Crippen molar-refractivity contribution in [3.05, 3.63) is 5.89 Å². The first-order chi connectivity index (χ1) is 11.1. The van der Waals surface area contributed by atoms with E-state index in [0.29, 0.717) is 11.6 Å². The van der Waals surface area contributed by atoms with Crippen LogP contribution in [0.1, 0.15) is 51.7 Å². The molecule has 25 heavy (non-hydrogen) atoms. The maximum Gasteiger partial charge on any atom is 0.286 e. The Morgan fingerprint density at radius 1 is 1.24 bits per heavy atom. The molecule has 1 aromatic rings. The molecule has 1 heterocycles. The number of ketones is 1. The van der Waals surface area contributed by atoms with Crippen LogP contribution in [0.2, 0.25) is 0 Å². The number of hydrogen-bond acceptors (Lipinski definition) is 7. The number of aromatic nitrogens is 2. The van der Waals surface area contributed by atoms with Crippen LogP contribution in [-0.4, -0.2) is 47.3 Å². The van der Waals surface area contributed by atoms with Gasteiger partial charge in [-0.25, -0.2) is 0 Å². The molecule has 0 radical (unpaired) electrons. The van der Waals surface area contributed by atoms with Crippen LogP contribution in [0, 0.1) is 11.3 Å². The summed E-state index contributed by atoms with van der Waals surface area (Å²) in [6, 6.07) is -0.660. The molecule has 0 bridgehead atoms. The van der Waals surface area contributed by atoms with E-state index in [1.54, 1.807) is 0 Å². The van der Waals surface area contributed by atoms with E-state index in [1.165, 1.54) is 11.8 Å². The minimum Gasteiger partial charge on any atom is -0.408 e. The van der Waals surface area contributed by atoms with Gasteiger partial charge in [0.05, 0.1) is 6.04 Å². The standard InChI is InChI=1S/C16H28N4O3S.ClH/c1-10(2)9-11(18-14(22)16(3,4)5)12(21)13-19-20-15(23-13)24-8-7-17-6;/h10-11,17H,7-9H2,1-6H3,(H,18,22);1H/t11-;/m0./s1. The summed E-state index contributed by atoms with van der Waals surface area (Å²) in [4.78, 5) is 24.9. The molecule has 9 heteroatoms. The zero-order valence-electron chi connectivity index (χ0n) is 15.7. The quantitative estimate of drug-likeness (QED) is 0.378. The van der Waals surface area contributed by atoms with Crippen LogP contribution in [0.25, 0.3) is 0 Å². The highest BCUT2D eigenvalue weighted by molar-refractivity contribution is 7.99. The monoisotopic (exact) mass is 392 g/mol. The Balaban J connectivity index is 0.00000576. The molecule has 0 spiro atoms. The maximum atomic E-state index is 12.7. The average Bonchev–Trinajstić information content (AvgIpc) is 2.93. The fraction of sp³-hybridized carbons (Fsp3) is 0.750. The smallest absolute Gasteiger partial charge is 0.286 e. The highest BCUT2D eigenvalue weighted by atomic mass is 35.5. The van der Waals surface area contributed by atoms with Crippen molar-refractivity contribution in [3.8, 4) is 0 Å². The SMILES string of the molecule is CNCCSc1nnc(C(=O)[C@H](CC(C)C)NC(=O)C(C)(C)C)o1.Cl. The van der Waals surface area contributed by atoms with Crippen LogP contribution in [0.5, 0.6) is 0 Å². The summed E-state index contributed by atoms with van der Waals surface area (Å²) in [5.41, 5.74) is -0.571. The molecule has 2 N–H and O–H groups in total. The van der Waals surface area contributed by atoms with Crippen molar-refractivity contribution in [2.45, 2.75) is 52.3 Å². The fourth-order valence-electron chi connectivity index (χ4n) is 1.83. The highest BCUT2D eigenvalue weighted by Gasteiger charge is 2.31. The lowest BCUT2D eigenvalue weighted by Crippen LogP contribution is -2.46. The zero-order chi connectivity index (χ0) is 18.3. The molecule has 144 valence electrons. The van der Waals surface area contributed by atoms with Gasteiger partial charge in [-0.15, -0.1) is 22.6 Å². The van der Waals surface area contributed by atoms with E-state index in [0.717, 1.165) is 12.3 Å². The maximum absolute atomic E-state index is 12.7. The van der Waals surface area contributed by atoms with Gasteiger partial charge in [-0.3, -0.25) is 9.59 Å². The Morgan fingerprint density at radius 2 is 1.88 bits per heavy atom. The Labute approximate surface area is 159 Å². The first kappa shape index (κ1) is 23.9. The molecule has 0 fully saturated rings. The van der Waals surface area contributed by atoms with Gasteiger partial charge < -0.3 is 15.1 Å². The summed E-state index contributed by atoms with van der Waals surface area (Å²) in [6.07, 6.45) is 0.519. The third-order valence-corrected chi connectivity index (χ3v) is 4.03. The lowest BCUT2D eigenvalue weighted by atomic mass is 9.93. The number of hydrogen-bond donors (Lipinski definition) is 2. The molecule has 1 aromatic heterocycles. The van der Waals surface area contributed by atoms with E-state index >= 15 is 0 Å². The highest BCUT2D eigenvalue weighted by Crippen LogP contribution is 2.19. The molecule has 0 aromatic carbocycles. The van der Waals surface area contributed by atoms with Gasteiger partial charge in [0.25, 0.3) is 11.1 Å². The number of rotatable bonds is 9. The van der Waals surface area contributed by atoms with Crippen molar-refractivity contribution in [2.24, 2.45) is 11.3 Å². The van der Waals surface area contributed by atoms with E-state index in [9.17, 15) is 9.59 Å². The molecule has 0 saturated heterocycles. The minimum absolute atomic E-state index is 0. The van der Waals surface area contributed by atoms with Crippen molar-refractivity contribution in [1.29, 1.82) is 0 Å². The fourth-order valence-corrected chi connectivity index (χ4v) is 2.55. The van der Waals surface area contributed by atoms with Gasteiger partial charge in [-0.1, -0.05) is 46.4 Å². The molecule has 0 aliphatic carbocycles. The topological polar surface area (TPSA) is 97.1 Å². The van der Waals surface area contributed by atoms with Gasteiger partial charge in [-0.05, 0) is 19.4 Å². The molecule has 0 saturated carbocycles. The Morgan fingerprint density at radius 3 is 2.40 bits per heavy atom. The Hall–Kier alpha value is -1.12. The zero-order valence-corrected chi connectivity index (χ0v) is 17.3. The second-order valence-electron chi connectivity index (χ2n) is 7.09. The molecule has 1 atom stereocenters. The lowest BCUT2D eigenvalue weighted by Gasteiger charge is -2.23. The van der Waals surface area contributed by atoms with Gasteiger partial charge in [0, 0.05) is 17.7 Å². The van der Waals surface area contributed by atoms with Crippen LogP contribution < -0.4 is 10.6 Å². The van der Waals surface area contributed by atoms with Crippen LogP contribution in [0.4, 0.5) is 0 Å². The first-order valence-electron chi connectivity index (χ1n) is 8.11. The summed E-state index contributed by atoms with van der Waals surface area (Å²) < 4.78 is 5.43. The number of amides is 1. The number of nitrogens with zero attached hydrogens (tertiary/aromatic N) is 2. The molecule has 7 nitrogen and oxygen atoms in total. The molecule has 0 aliphatic heterocycles. The average molecular weight is 393 g/mol. The second kappa shape index (κ2) is 10.8. The Bertz CT molecular complexity index is 558. The molecule has 1 amide bonds. The van der Waals surface area contributed by atoms with E-state index in [1.807, 2.05) is 41.7 Å². The van der Waals surface area contributed by atoms with Gasteiger partial charge in [-0.2, -0.15) is 0 Å². The normalized spacial score (nSPS) is 12.6. The predicted octanol–water partition coefficient (Wildman–Crippen LogP) is 2.56. The summed E-state index contributed by atoms with van der Waals surface area (Å²) in [5, 5.41) is 13.9. The predicted molar refractivity (Wildman–Crippen MR) is 101 cm³/mol. The molecular weight excluding hydrogens is 364 g/mol. The first-order valence-corrected chi connectivity index (χ1v) is 9.09. The number of thioether (sulfide) groups is 1. The van der Waals surface area contributed by atoms with E-state index in [4.69, 9.17) is 4.42 Å². The van der Waals surface area contributed by atoms with Crippen LogP contribution >= 0.6 is 24.2 Å². The van der Waals surface area contributed by atoms with Crippen molar-refractivity contribution < 1.29 is 14.0 Å². The van der Waals surface area contributed by atoms with Crippen molar-refractivity contribution in [3.63, 3.8) is 0 Å². The number of nitrogens with one attached hydrogen (secondary N) is 2. The van der Waals surface area contributed by atoms with Gasteiger partial charge in [0.1, 0.15) is 0 Å². The van der Waals surface area contributed by atoms with E-state index in [2.05, 4.69) is 20.8 Å². The van der Waals surface area contributed by atoms with Crippen LogP contribution in [-0.2, 0) is 4.79 Å². The molecule has 0 unspecified atom stereocenters. The second-order valence-corrected chi connectivity index (χ2v) is 8.14. The minimum atomic E-state index is -0.660. The lowest BCUT2D eigenvalue weighted by molar-refractivity contribution is -0.129. The van der Waals surface area contributed by atoms with Gasteiger partial charge >= 0.3 is 0 Å². The number of carbonyl (C=O) groups is 2. The molecule has 0 aliphatic rings. The number of carbonyl (C=O) groups excluding carboxylic acids is 2. The summed E-state index contributed by atoms with van der Waals surface area (Å²) in [7, 11) is 1.86. The summed E-state index contributed by atoms with van der Waals surface area (Å²) in [6.45, 7) is 10.2. The Kier molecular flexibility index (Phi) is 10.3. The third kappa shape index (κ3) is 8.20. The van der Waals surface area contributed by atoms with Crippen molar-refractivity contribution >= 4 is 35.9 Å². The summed E-state index contributed by atoms with van der Waals surface area (Å²) >= 11 is 1.38. The van der Waals surface area contributed by atoms with Crippen LogP contribution in [0.3, 0.4) is 0 Å². The van der Waals surface area contributed by atoms with Gasteiger partial charge in [0.2, 0.25) is 11.7 Å². The third-order valence-electron chi connectivity index (χ3n) is 3.20. The largest absolute Gasteiger partial charge is 0.408 e. The van der Waals surface area contributed by atoms with Crippen molar-refractivity contribution in [1.82, 2.24) is 20.8 Å².